The molecule has 1 aromatic carbocycles. The maximum Gasteiger partial charge on any atom is 0.350 e. The Morgan fingerprint density at radius 2 is 1.68 bits per heavy atom. The van der Waals surface area contributed by atoms with Gasteiger partial charge in [-0.15, -0.1) is 0 Å². The zero-order chi connectivity index (χ0) is 16.8. The van der Waals surface area contributed by atoms with E-state index in [9.17, 15) is 18.1 Å². The average Bonchev–Trinajstić information content (AvgIpc) is 2.45. The van der Waals surface area contributed by atoms with Crippen LogP contribution in [0.2, 0.25) is 0 Å². The number of hydrogen-bond acceptors (Lipinski definition) is 6. The molecule has 7 nitrogen and oxygen atoms in total. The van der Waals surface area contributed by atoms with Crippen molar-refractivity contribution in [1.82, 2.24) is 4.72 Å². The minimum atomic E-state index is -3.95. The molecule has 0 aliphatic carbocycles. The number of hydrogen-bond donors (Lipinski definition) is 2. The SMILES string of the molecule is CCOP(=O)(OCC)C(CO)NS(=O)(=O)c1ccc(C)cc1. The van der Waals surface area contributed by atoms with Crippen molar-refractivity contribution in [3.63, 3.8) is 0 Å². The van der Waals surface area contributed by atoms with Gasteiger partial charge in [-0.05, 0) is 32.9 Å². The summed E-state index contributed by atoms with van der Waals surface area (Å²) >= 11 is 0. The highest BCUT2D eigenvalue weighted by molar-refractivity contribution is 7.89. The van der Waals surface area contributed by atoms with E-state index in [0.29, 0.717) is 0 Å². The van der Waals surface area contributed by atoms with Gasteiger partial charge < -0.3 is 14.2 Å². The highest BCUT2D eigenvalue weighted by atomic mass is 32.2. The second-order valence-electron chi connectivity index (χ2n) is 4.51. The molecule has 0 saturated heterocycles. The standard InChI is InChI=1S/C13H22NO6PS/c1-4-19-21(16,20-5-2)13(10-15)14-22(17,18)12-8-6-11(3)7-9-12/h6-9,13-15H,4-5,10H2,1-3H3. The van der Waals surface area contributed by atoms with Crippen molar-refractivity contribution >= 4 is 17.6 Å². The molecular formula is C13H22NO6PS. The van der Waals surface area contributed by atoms with Crippen LogP contribution in [0.3, 0.4) is 0 Å². The van der Waals surface area contributed by atoms with Crippen LogP contribution in [-0.4, -0.2) is 39.1 Å². The number of aliphatic hydroxyl groups excluding tert-OH is 1. The molecule has 0 spiro atoms. The molecule has 0 amide bonds. The van der Waals surface area contributed by atoms with Gasteiger partial charge in [-0.25, -0.2) is 8.42 Å². The van der Waals surface area contributed by atoms with Gasteiger partial charge in [0.05, 0.1) is 24.7 Å². The van der Waals surface area contributed by atoms with E-state index >= 15 is 0 Å². The fourth-order valence-corrected chi connectivity index (χ4v) is 5.09. The zero-order valence-corrected chi connectivity index (χ0v) is 14.6. The lowest BCUT2D eigenvalue weighted by molar-refractivity contribution is 0.191. The third-order valence-corrected chi connectivity index (χ3v) is 6.75. The normalized spacial score (nSPS) is 14.0. The van der Waals surface area contributed by atoms with Crippen LogP contribution in [-0.2, 0) is 23.6 Å². The fraction of sp³-hybridized carbons (Fsp3) is 0.538. The van der Waals surface area contributed by atoms with Crippen LogP contribution >= 0.6 is 7.60 Å². The minimum absolute atomic E-state index is 0.0103. The Kier molecular flexibility index (Phi) is 7.18. The molecule has 0 radical (unpaired) electrons. The second kappa shape index (κ2) is 8.19. The van der Waals surface area contributed by atoms with Crippen molar-refractivity contribution < 1.29 is 27.1 Å². The fourth-order valence-electron chi connectivity index (χ4n) is 1.74. The van der Waals surface area contributed by atoms with E-state index in [2.05, 4.69) is 4.72 Å². The van der Waals surface area contributed by atoms with Crippen LogP contribution in [0.4, 0.5) is 0 Å². The van der Waals surface area contributed by atoms with Gasteiger partial charge in [-0.3, -0.25) is 4.57 Å². The summed E-state index contributed by atoms with van der Waals surface area (Å²) in [6.45, 7) is 4.48. The summed E-state index contributed by atoms with van der Waals surface area (Å²) in [6, 6.07) is 6.15. The molecule has 22 heavy (non-hydrogen) atoms. The summed E-state index contributed by atoms with van der Waals surface area (Å²) in [5, 5.41) is 9.41. The van der Waals surface area contributed by atoms with Gasteiger partial charge in [0.25, 0.3) is 0 Å². The molecule has 1 unspecified atom stereocenters. The van der Waals surface area contributed by atoms with Crippen molar-refractivity contribution in [1.29, 1.82) is 0 Å². The number of nitrogens with one attached hydrogen (secondary N) is 1. The summed E-state index contributed by atoms with van der Waals surface area (Å²) in [4.78, 5) is 0.0103. The molecule has 9 heteroatoms. The number of rotatable bonds is 9. The molecule has 0 heterocycles. The molecule has 1 aromatic rings. The predicted molar refractivity (Wildman–Crippen MR) is 83.2 cm³/mol. The van der Waals surface area contributed by atoms with Crippen LogP contribution in [0.15, 0.2) is 29.2 Å². The van der Waals surface area contributed by atoms with E-state index in [1.54, 1.807) is 26.0 Å². The Balaban J connectivity index is 3.05. The van der Waals surface area contributed by atoms with Crippen molar-refractivity contribution in [2.45, 2.75) is 31.4 Å². The van der Waals surface area contributed by atoms with Gasteiger partial charge >= 0.3 is 7.60 Å². The monoisotopic (exact) mass is 351 g/mol. The van der Waals surface area contributed by atoms with E-state index < -0.39 is 30.0 Å². The van der Waals surface area contributed by atoms with Crippen molar-refractivity contribution in [2.75, 3.05) is 19.8 Å². The average molecular weight is 351 g/mol. The third kappa shape index (κ3) is 4.87. The van der Waals surface area contributed by atoms with E-state index in [0.717, 1.165) is 5.56 Å². The Morgan fingerprint density at radius 3 is 2.09 bits per heavy atom. The maximum absolute atomic E-state index is 12.6. The number of benzene rings is 1. The molecule has 0 aromatic heterocycles. The summed E-state index contributed by atoms with van der Waals surface area (Å²) in [5.74, 6) is -1.36. The molecular weight excluding hydrogens is 329 g/mol. The number of sulfonamides is 1. The van der Waals surface area contributed by atoms with Crippen LogP contribution < -0.4 is 4.72 Å². The van der Waals surface area contributed by atoms with Gasteiger partial charge in [0.2, 0.25) is 10.0 Å². The largest absolute Gasteiger partial charge is 0.394 e. The van der Waals surface area contributed by atoms with Crippen LogP contribution in [0.25, 0.3) is 0 Å². The molecule has 1 atom stereocenters. The van der Waals surface area contributed by atoms with Crippen LogP contribution in [0, 0.1) is 6.92 Å². The second-order valence-corrected chi connectivity index (χ2v) is 8.44. The van der Waals surface area contributed by atoms with E-state index in [-0.39, 0.29) is 18.1 Å². The first-order chi connectivity index (χ1) is 10.3. The Bertz CT molecular complexity index is 606. The summed E-state index contributed by atoms with van der Waals surface area (Å²) in [6.07, 6.45) is 0. The zero-order valence-electron chi connectivity index (χ0n) is 12.9. The quantitative estimate of drug-likeness (QED) is 0.659. The molecule has 1 rings (SSSR count). The van der Waals surface area contributed by atoms with Crippen molar-refractivity contribution in [3.05, 3.63) is 29.8 Å². The van der Waals surface area contributed by atoms with Gasteiger partial charge in [0.15, 0.2) is 0 Å². The van der Waals surface area contributed by atoms with Crippen LogP contribution in [0.5, 0.6) is 0 Å². The highest BCUT2D eigenvalue weighted by Crippen LogP contribution is 2.52. The van der Waals surface area contributed by atoms with E-state index in [4.69, 9.17) is 9.05 Å². The van der Waals surface area contributed by atoms with Crippen molar-refractivity contribution in [2.24, 2.45) is 0 Å². The molecule has 0 bridgehead atoms. The third-order valence-electron chi connectivity index (χ3n) is 2.80. The van der Waals surface area contributed by atoms with Gasteiger partial charge in [0, 0.05) is 0 Å². The molecule has 0 aliphatic rings. The first kappa shape index (κ1) is 19.3. The summed E-state index contributed by atoms with van der Waals surface area (Å²) in [5.41, 5.74) is 0.909. The van der Waals surface area contributed by atoms with E-state index in [1.165, 1.54) is 12.1 Å². The highest BCUT2D eigenvalue weighted by Gasteiger charge is 2.38. The topological polar surface area (TPSA) is 102 Å². The Morgan fingerprint density at radius 1 is 1.18 bits per heavy atom. The van der Waals surface area contributed by atoms with Crippen molar-refractivity contribution in [3.8, 4) is 0 Å². The molecule has 2 N–H and O–H groups in total. The number of aliphatic hydroxyl groups is 1. The smallest absolute Gasteiger partial charge is 0.350 e. The van der Waals surface area contributed by atoms with Gasteiger partial charge in [-0.2, -0.15) is 4.72 Å². The summed E-state index contributed by atoms with van der Waals surface area (Å²) < 4.78 is 49.5. The lowest BCUT2D eigenvalue weighted by atomic mass is 10.2. The molecule has 0 fully saturated rings. The van der Waals surface area contributed by atoms with Gasteiger partial charge in [0.1, 0.15) is 5.78 Å². The lowest BCUT2D eigenvalue weighted by Gasteiger charge is -2.25. The first-order valence-electron chi connectivity index (χ1n) is 6.87. The molecule has 126 valence electrons. The summed E-state index contributed by atoms with van der Waals surface area (Å²) in [7, 11) is -7.75. The Hall–Kier alpha value is -0.760. The molecule has 0 saturated carbocycles. The van der Waals surface area contributed by atoms with Gasteiger partial charge in [-0.1, -0.05) is 17.7 Å². The number of aryl methyl sites for hydroxylation is 1. The lowest BCUT2D eigenvalue weighted by Crippen LogP contribution is -2.38. The Labute approximate surface area is 131 Å². The minimum Gasteiger partial charge on any atom is -0.394 e. The maximum atomic E-state index is 12.6. The molecule has 0 aliphatic heterocycles. The first-order valence-corrected chi connectivity index (χ1v) is 9.97. The van der Waals surface area contributed by atoms with E-state index in [1.807, 2.05) is 6.92 Å². The van der Waals surface area contributed by atoms with Crippen LogP contribution in [0.1, 0.15) is 19.4 Å². The predicted octanol–water partition coefficient (Wildman–Crippen LogP) is 1.86.